The Labute approximate surface area is 105 Å². The van der Waals surface area contributed by atoms with Crippen molar-refractivity contribution in [3.8, 4) is 11.5 Å². The minimum Gasteiger partial charge on any atom is -0.421 e. The number of nitrogens with zero attached hydrogens (tertiary/aromatic N) is 2. The largest absolute Gasteiger partial charge is 0.421 e. The van der Waals surface area contributed by atoms with Gasteiger partial charge in [0.25, 0.3) is 0 Å². The number of rotatable bonds is 5. The molecule has 17 heavy (non-hydrogen) atoms. The van der Waals surface area contributed by atoms with Crippen LogP contribution in [0.1, 0.15) is 12.8 Å². The molecule has 0 aliphatic rings. The molecule has 1 aromatic carbocycles. The van der Waals surface area contributed by atoms with Crippen LogP contribution in [-0.2, 0) is 6.42 Å². The van der Waals surface area contributed by atoms with Gasteiger partial charge in [-0.15, -0.1) is 10.2 Å². The fraction of sp³-hybridized carbons (Fsp3) is 0.333. The SMILES string of the molecule is CCNCCc1nnc(-c2cccc(Cl)c2)o1. The molecule has 2 rings (SSSR count). The fourth-order valence-electron chi connectivity index (χ4n) is 1.46. The molecule has 0 saturated heterocycles. The van der Waals surface area contributed by atoms with E-state index in [4.69, 9.17) is 16.0 Å². The lowest BCUT2D eigenvalue weighted by Crippen LogP contribution is -2.16. The highest BCUT2D eigenvalue weighted by molar-refractivity contribution is 6.30. The molecule has 0 radical (unpaired) electrons. The number of hydrogen-bond acceptors (Lipinski definition) is 4. The highest BCUT2D eigenvalue weighted by Crippen LogP contribution is 2.21. The minimum absolute atomic E-state index is 0.513. The molecule has 1 heterocycles. The first-order valence-corrected chi connectivity index (χ1v) is 5.96. The van der Waals surface area contributed by atoms with Crippen LogP contribution in [0.3, 0.4) is 0 Å². The molecule has 1 N–H and O–H groups in total. The third-order valence-electron chi connectivity index (χ3n) is 2.30. The number of hydrogen-bond donors (Lipinski definition) is 1. The Bertz CT molecular complexity index is 484. The summed E-state index contributed by atoms with van der Waals surface area (Å²) in [7, 11) is 0. The van der Waals surface area contributed by atoms with Crippen LogP contribution in [0.2, 0.25) is 5.02 Å². The van der Waals surface area contributed by atoms with Gasteiger partial charge in [0.15, 0.2) is 0 Å². The van der Waals surface area contributed by atoms with Crippen molar-refractivity contribution in [1.82, 2.24) is 15.5 Å². The first kappa shape index (κ1) is 12.1. The van der Waals surface area contributed by atoms with Crippen molar-refractivity contribution in [2.75, 3.05) is 13.1 Å². The molecule has 0 spiro atoms. The molecule has 4 nitrogen and oxygen atoms in total. The maximum absolute atomic E-state index is 5.90. The van der Waals surface area contributed by atoms with Crippen LogP contribution >= 0.6 is 11.6 Å². The zero-order chi connectivity index (χ0) is 12.1. The van der Waals surface area contributed by atoms with Gasteiger partial charge < -0.3 is 9.73 Å². The third-order valence-corrected chi connectivity index (χ3v) is 2.54. The predicted molar refractivity (Wildman–Crippen MR) is 67.0 cm³/mol. The average Bonchev–Trinajstić information content (AvgIpc) is 2.78. The molecule has 90 valence electrons. The molecular formula is C12H14ClN3O. The van der Waals surface area contributed by atoms with E-state index in [1.165, 1.54) is 0 Å². The number of aromatic nitrogens is 2. The standard InChI is InChI=1S/C12H14ClN3O/c1-2-14-7-6-11-15-16-12(17-11)9-4-3-5-10(13)8-9/h3-5,8,14H,2,6-7H2,1H3. The number of likely N-dealkylation sites (N-methyl/N-ethyl adjacent to an activating group) is 1. The molecule has 0 bridgehead atoms. The van der Waals surface area contributed by atoms with Crippen LogP contribution in [0.4, 0.5) is 0 Å². The van der Waals surface area contributed by atoms with Crippen molar-refractivity contribution in [1.29, 1.82) is 0 Å². The number of nitrogens with one attached hydrogen (secondary N) is 1. The first-order valence-electron chi connectivity index (χ1n) is 5.58. The maximum Gasteiger partial charge on any atom is 0.247 e. The van der Waals surface area contributed by atoms with Crippen molar-refractivity contribution in [3.63, 3.8) is 0 Å². The smallest absolute Gasteiger partial charge is 0.247 e. The first-order chi connectivity index (χ1) is 8.29. The van der Waals surface area contributed by atoms with E-state index in [9.17, 15) is 0 Å². The summed E-state index contributed by atoms with van der Waals surface area (Å²) in [5.41, 5.74) is 0.847. The van der Waals surface area contributed by atoms with E-state index in [2.05, 4.69) is 22.4 Å². The van der Waals surface area contributed by atoms with E-state index in [0.717, 1.165) is 25.1 Å². The molecule has 2 aromatic rings. The van der Waals surface area contributed by atoms with E-state index >= 15 is 0 Å². The van der Waals surface area contributed by atoms with Crippen LogP contribution in [0.25, 0.3) is 11.5 Å². The second kappa shape index (κ2) is 5.80. The van der Waals surface area contributed by atoms with Crippen molar-refractivity contribution in [2.24, 2.45) is 0 Å². The number of benzene rings is 1. The molecular weight excluding hydrogens is 238 g/mol. The third kappa shape index (κ3) is 3.28. The Morgan fingerprint density at radius 2 is 2.24 bits per heavy atom. The van der Waals surface area contributed by atoms with E-state index in [0.29, 0.717) is 16.8 Å². The van der Waals surface area contributed by atoms with Crippen molar-refractivity contribution in [3.05, 3.63) is 35.2 Å². The molecule has 1 aromatic heterocycles. The van der Waals surface area contributed by atoms with Gasteiger partial charge >= 0.3 is 0 Å². The second-order valence-corrected chi connectivity index (χ2v) is 4.05. The summed E-state index contributed by atoms with van der Waals surface area (Å²) in [6, 6.07) is 7.38. The Morgan fingerprint density at radius 3 is 3.00 bits per heavy atom. The molecule has 5 heteroatoms. The van der Waals surface area contributed by atoms with Crippen LogP contribution < -0.4 is 5.32 Å². The summed E-state index contributed by atoms with van der Waals surface area (Å²) in [6.45, 7) is 3.84. The van der Waals surface area contributed by atoms with Gasteiger partial charge in [0, 0.05) is 23.6 Å². The van der Waals surface area contributed by atoms with Gasteiger partial charge in [0.2, 0.25) is 11.8 Å². The van der Waals surface area contributed by atoms with Crippen LogP contribution in [-0.4, -0.2) is 23.3 Å². The Morgan fingerprint density at radius 1 is 1.35 bits per heavy atom. The lowest BCUT2D eigenvalue weighted by molar-refractivity contribution is 0.496. The van der Waals surface area contributed by atoms with Crippen molar-refractivity contribution in [2.45, 2.75) is 13.3 Å². The van der Waals surface area contributed by atoms with Crippen molar-refractivity contribution < 1.29 is 4.42 Å². The summed E-state index contributed by atoms with van der Waals surface area (Å²) in [5, 5.41) is 11.9. The molecule has 0 unspecified atom stereocenters. The Hall–Kier alpha value is -1.39. The lowest BCUT2D eigenvalue weighted by Gasteiger charge is -1.96. The van der Waals surface area contributed by atoms with E-state index in [-0.39, 0.29) is 0 Å². The van der Waals surface area contributed by atoms with Crippen LogP contribution in [0, 0.1) is 0 Å². The number of halogens is 1. The van der Waals surface area contributed by atoms with Crippen molar-refractivity contribution >= 4 is 11.6 Å². The van der Waals surface area contributed by atoms with Gasteiger partial charge in [-0.05, 0) is 24.7 Å². The van der Waals surface area contributed by atoms with Crippen LogP contribution in [0.5, 0.6) is 0 Å². The van der Waals surface area contributed by atoms with Gasteiger partial charge in [-0.1, -0.05) is 24.6 Å². The lowest BCUT2D eigenvalue weighted by atomic mass is 10.2. The van der Waals surface area contributed by atoms with E-state index in [1.54, 1.807) is 0 Å². The molecule has 0 aliphatic heterocycles. The molecule has 0 saturated carbocycles. The summed E-state index contributed by atoms with van der Waals surface area (Å²) in [6.07, 6.45) is 0.738. The summed E-state index contributed by atoms with van der Waals surface area (Å²) < 4.78 is 5.55. The van der Waals surface area contributed by atoms with Gasteiger partial charge in [0.05, 0.1) is 0 Å². The second-order valence-electron chi connectivity index (χ2n) is 3.61. The highest BCUT2D eigenvalue weighted by Gasteiger charge is 2.08. The van der Waals surface area contributed by atoms with Gasteiger partial charge in [-0.3, -0.25) is 0 Å². The minimum atomic E-state index is 0.513. The topological polar surface area (TPSA) is 51.0 Å². The maximum atomic E-state index is 5.90. The Balaban J connectivity index is 2.07. The van der Waals surface area contributed by atoms with Gasteiger partial charge in [-0.2, -0.15) is 0 Å². The van der Waals surface area contributed by atoms with E-state index < -0.39 is 0 Å². The summed E-state index contributed by atoms with van der Waals surface area (Å²) in [4.78, 5) is 0. The molecule has 0 fully saturated rings. The monoisotopic (exact) mass is 251 g/mol. The van der Waals surface area contributed by atoms with Gasteiger partial charge in [-0.25, -0.2) is 0 Å². The summed E-state index contributed by atoms with van der Waals surface area (Å²) in [5.74, 6) is 1.15. The zero-order valence-corrected chi connectivity index (χ0v) is 10.4. The highest BCUT2D eigenvalue weighted by atomic mass is 35.5. The fourth-order valence-corrected chi connectivity index (χ4v) is 1.66. The average molecular weight is 252 g/mol. The molecule has 0 aliphatic carbocycles. The van der Waals surface area contributed by atoms with Gasteiger partial charge in [0.1, 0.15) is 0 Å². The molecule has 0 atom stereocenters. The Kier molecular flexibility index (Phi) is 4.12. The zero-order valence-electron chi connectivity index (χ0n) is 9.61. The summed E-state index contributed by atoms with van der Waals surface area (Å²) >= 11 is 5.90. The quantitative estimate of drug-likeness (QED) is 0.830. The normalized spacial score (nSPS) is 10.7. The predicted octanol–water partition coefficient (Wildman–Crippen LogP) is 2.54. The van der Waals surface area contributed by atoms with Crippen LogP contribution in [0.15, 0.2) is 28.7 Å². The molecule has 0 amide bonds. The van der Waals surface area contributed by atoms with E-state index in [1.807, 2.05) is 24.3 Å².